The third kappa shape index (κ3) is 2.29. The van der Waals surface area contributed by atoms with Crippen LogP contribution in [0.2, 0.25) is 0 Å². The van der Waals surface area contributed by atoms with Crippen molar-refractivity contribution in [3.05, 3.63) is 35.4 Å². The Bertz CT molecular complexity index is 642. The molecule has 3 heterocycles. The van der Waals surface area contributed by atoms with Crippen molar-refractivity contribution < 1.29 is 9.53 Å². The molecule has 1 atom stereocenters. The van der Waals surface area contributed by atoms with Crippen LogP contribution in [-0.4, -0.2) is 35.6 Å². The molecule has 20 heavy (non-hydrogen) atoms. The van der Waals surface area contributed by atoms with E-state index in [1.54, 1.807) is 0 Å². The molecule has 106 valence electrons. The number of carbonyl (C=O) groups excluding carboxylic acids is 1. The lowest BCUT2D eigenvalue weighted by Gasteiger charge is -2.07. The molecule has 1 aliphatic heterocycles. The molecule has 0 spiro atoms. The van der Waals surface area contributed by atoms with Crippen LogP contribution in [-0.2, 0) is 11.2 Å². The van der Waals surface area contributed by atoms with Gasteiger partial charge in [0.15, 0.2) is 5.69 Å². The molecule has 1 saturated heterocycles. The van der Waals surface area contributed by atoms with Gasteiger partial charge in [0, 0.05) is 12.6 Å². The second-order valence-corrected chi connectivity index (χ2v) is 5.39. The summed E-state index contributed by atoms with van der Waals surface area (Å²) in [5.74, 6) is 1.16. The molecule has 0 aliphatic carbocycles. The highest BCUT2D eigenvalue weighted by molar-refractivity contribution is 5.95. The van der Waals surface area contributed by atoms with Crippen LogP contribution in [0.25, 0.3) is 5.52 Å². The zero-order valence-corrected chi connectivity index (χ0v) is 11.8. The Labute approximate surface area is 118 Å². The van der Waals surface area contributed by atoms with Gasteiger partial charge in [-0.25, -0.2) is 9.78 Å². The quantitative estimate of drug-likeness (QED) is 0.863. The number of esters is 1. The van der Waals surface area contributed by atoms with Crippen LogP contribution >= 0.6 is 0 Å². The summed E-state index contributed by atoms with van der Waals surface area (Å²) in [6.45, 7) is 4.10. The van der Waals surface area contributed by atoms with Crippen LogP contribution in [0.5, 0.6) is 0 Å². The maximum Gasteiger partial charge on any atom is 0.358 e. The molecule has 1 N–H and O–H groups in total. The average Bonchev–Trinajstić information content (AvgIpc) is 3.06. The molecule has 0 aromatic carbocycles. The van der Waals surface area contributed by atoms with Crippen LogP contribution in [0.3, 0.4) is 0 Å². The van der Waals surface area contributed by atoms with E-state index in [1.807, 2.05) is 29.7 Å². The van der Waals surface area contributed by atoms with Crippen molar-refractivity contribution in [3.8, 4) is 0 Å². The number of pyridine rings is 1. The third-order valence-corrected chi connectivity index (χ3v) is 3.88. The number of ether oxygens (including phenoxy) is 1. The SMILES string of the molecule is COC(=O)c1nc(CC2CCNC2)n2ccc(C)cc12. The van der Waals surface area contributed by atoms with E-state index in [2.05, 4.69) is 10.3 Å². The summed E-state index contributed by atoms with van der Waals surface area (Å²) in [6, 6.07) is 4.02. The number of methoxy groups -OCH3 is 1. The Morgan fingerprint density at radius 2 is 2.45 bits per heavy atom. The van der Waals surface area contributed by atoms with Gasteiger partial charge < -0.3 is 14.5 Å². The normalized spacial score (nSPS) is 18.6. The highest BCUT2D eigenvalue weighted by atomic mass is 16.5. The second-order valence-electron chi connectivity index (χ2n) is 5.39. The lowest BCUT2D eigenvalue weighted by atomic mass is 10.0. The van der Waals surface area contributed by atoms with E-state index >= 15 is 0 Å². The minimum Gasteiger partial charge on any atom is -0.464 e. The standard InChI is InChI=1S/C15H19N3O2/c1-10-4-6-18-12(7-10)14(15(19)20-2)17-13(18)8-11-3-5-16-9-11/h4,6-7,11,16H,3,5,8-9H2,1-2H3. The van der Waals surface area contributed by atoms with Crippen LogP contribution in [0.1, 0.15) is 28.3 Å². The van der Waals surface area contributed by atoms with Crippen molar-refractivity contribution in [1.29, 1.82) is 0 Å². The van der Waals surface area contributed by atoms with Crippen molar-refractivity contribution in [2.24, 2.45) is 5.92 Å². The number of aromatic nitrogens is 2. The average molecular weight is 273 g/mol. The summed E-state index contributed by atoms with van der Waals surface area (Å²) < 4.78 is 6.85. The fourth-order valence-electron chi connectivity index (χ4n) is 2.79. The largest absolute Gasteiger partial charge is 0.464 e. The minimum absolute atomic E-state index is 0.371. The molecule has 1 unspecified atom stereocenters. The maximum absolute atomic E-state index is 11.9. The topological polar surface area (TPSA) is 55.6 Å². The third-order valence-electron chi connectivity index (χ3n) is 3.88. The smallest absolute Gasteiger partial charge is 0.358 e. The van der Waals surface area contributed by atoms with Crippen molar-refractivity contribution in [2.75, 3.05) is 20.2 Å². The van der Waals surface area contributed by atoms with Gasteiger partial charge in [0.1, 0.15) is 5.82 Å². The van der Waals surface area contributed by atoms with Gasteiger partial charge in [-0.1, -0.05) is 0 Å². The van der Waals surface area contributed by atoms with Crippen molar-refractivity contribution in [3.63, 3.8) is 0 Å². The molecular weight excluding hydrogens is 254 g/mol. The van der Waals surface area contributed by atoms with Gasteiger partial charge in [-0.05, 0) is 50.0 Å². The van der Waals surface area contributed by atoms with E-state index in [9.17, 15) is 4.79 Å². The van der Waals surface area contributed by atoms with E-state index < -0.39 is 0 Å². The first-order chi connectivity index (χ1) is 9.69. The Morgan fingerprint density at radius 1 is 1.60 bits per heavy atom. The number of nitrogens with one attached hydrogen (secondary N) is 1. The Balaban J connectivity index is 2.05. The number of hydrogen-bond acceptors (Lipinski definition) is 4. The lowest BCUT2D eigenvalue weighted by Crippen LogP contribution is -2.12. The van der Waals surface area contributed by atoms with E-state index in [4.69, 9.17) is 4.74 Å². The van der Waals surface area contributed by atoms with Gasteiger partial charge in [-0.15, -0.1) is 0 Å². The number of aryl methyl sites for hydroxylation is 1. The first-order valence-electron chi connectivity index (χ1n) is 6.95. The zero-order valence-electron chi connectivity index (χ0n) is 11.8. The number of rotatable bonds is 3. The van der Waals surface area contributed by atoms with Crippen LogP contribution < -0.4 is 5.32 Å². The van der Waals surface area contributed by atoms with Gasteiger partial charge in [-0.2, -0.15) is 0 Å². The van der Waals surface area contributed by atoms with Gasteiger partial charge in [-0.3, -0.25) is 0 Å². The maximum atomic E-state index is 11.9. The van der Waals surface area contributed by atoms with E-state index in [-0.39, 0.29) is 5.97 Å². The summed E-state index contributed by atoms with van der Waals surface area (Å²) in [5, 5.41) is 3.36. The number of fused-ring (bicyclic) bond motifs is 1. The Kier molecular flexibility index (Phi) is 3.44. The Morgan fingerprint density at radius 3 is 3.15 bits per heavy atom. The first-order valence-corrected chi connectivity index (χ1v) is 6.95. The molecule has 2 aromatic heterocycles. The molecule has 0 amide bonds. The molecule has 5 nitrogen and oxygen atoms in total. The monoisotopic (exact) mass is 273 g/mol. The van der Waals surface area contributed by atoms with Gasteiger partial charge >= 0.3 is 5.97 Å². The summed E-state index contributed by atoms with van der Waals surface area (Å²) >= 11 is 0. The highest BCUT2D eigenvalue weighted by Gasteiger charge is 2.22. The molecule has 5 heteroatoms. The van der Waals surface area contributed by atoms with Crippen molar-refractivity contribution in [1.82, 2.24) is 14.7 Å². The lowest BCUT2D eigenvalue weighted by molar-refractivity contribution is 0.0596. The summed E-state index contributed by atoms with van der Waals surface area (Å²) in [6.07, 6.45) is 4.03. The van der Waals surface area contributed by atoms with Gasteiger partial charge in [0.2, 0.25) is 0 Å². The fraction of sp³-hybridized carbons (Fsp3) is 0.467. The number of carbonyl (C=O) groups is 1. The molecule has 3 rings (SSSR count). The summed E-state index contributed by atoms with van der Waals surface area (Å²) in [5.41, 5.74) is 2.35. The summed E-state index contributed by atoms with van der Waals surface area (Å²) in [4.78, 5) is 16.4. The molecule has 2 aromatic rings. The second kappa shape index (κ2) is 5.25. The number of hydrogen-bond donors (Lipinski definition) is 1. The fourth-order valence-corrected chi connectivity index (χ4v) is 2.79. The molecule has 0 bridgehead atoms. The van der Waals surface area contributed by atoms with Crippen LogP contribution in [0.15, 0.2) is 18.3 Å². The van der Waals surface area contributed by atoms with Crippen molar-refractivity contribution >= 4 is 11.5 Å². The number of imidazole rings is 1. The molecular formula is C15H19N3O2. The molecule has 1 fully saturated rings. The van der Waals surface area contributed by atoms with E-state index in [0.717, 1.165) is 42.8 Å². The van der Waals surface area contributed by atoms with Crippen LogP contribution in [0.4, 0.5) is 0 Å². The summed E-state index contributed by atoms with van der Waals surface area (Å²) in [7, 11) is 1.39. The predicted octanol–water partition coefficient (Wildman–Crippen LogP) is 1.58. The molecule has 0 saturated carbocycles. The van der Waals surface area contributed by atoms with Crippen molar-refractivity contribution in [2.45, 2.75) is 19.8 Å². The van der Waals surface area contributed by atoms with E-state index in [0.29, 0.717) is 11.6 Å². The first kappa shape index (κ1) is 13.1. The molecule has 1 aliphatic rings. The number of nitrogens with zero attached hydrogens (tertiary/aromatic N) is 2. The van der Waals surface area contributed by atoms with E-state index in [1.165, 1.54) is 7.11 Å². The minimum atomic E-state index is -0.371. The van der Waals surface area contributed by atoms with Gasteiger partial charge in [0.05, 0.1) is 12.6 Å². The highest BCUT2D eigenvalue weighted by Crippen LogP contribution is 2.20. The van der Waals surface area contributed by atoms with Crippen LogP contribution in [0, 0.1) is 12.8 Å². The predicted molar refractivity (Wildman–Crippen MR) is 75.9 cm³/mol. The van der Waals surface area contributed by atoms with Gasteiger partial charge in [0.25, 0.3) is 0 Å². The molecule has 0 radical (unpaired) electrons. The Hall–Kier alpha value is -1.88. The zero-order chi connectivity index (χ0) is 14.1.